The minimum Gasteiger partial charge on any atom is -0.481 e. The summed E-state index contributed by atoms with van der Waals surface area (Å²) in [5, 5.41) is 9.02. The Morgan fingerprint density at radius 1 is 1.33 bits per heavy atom. The van der Waals surface area contributed by atoms with Gasteiger partial charge in [0.1, 0.15) is 11.2 Å². The predicted octanol–water partition coefficient (Wildman–Crippen LogP) is 1.50. The number of rotatable bonds is 6. The third kappa shape index (κ3) is 5.51. The Balaban J connectivity index is 2.61. The summed E-state index contributed by atoms with van der Waals surface area (Å²) in [4.78, 5) is 24.4. The number of aliphatic carboxylic acids is 1. The second-order valence-electron chi connectivity index (χ2n) is 6.47. The maximum atomic E-state index is 11.9. The van der Waals surface area contributed by atoms with E-state index in [0.717, 1.165) is 0 Å². The molecule has 0 aromatic rings. The number of hydrogen-bond donors (Lipinski definition) is 1. The second-order valence-corrected chi connectivity index (χ2v) is 6.47. The molecule has 0 bridgehead atoms. The van der Waals surface area contributed by atoms with Gasteiger partial charge in [0.25, 0.3) is 0 Å². The highest BCUT2D eigenvalue weighted by Gasteiger charge is 2.49. The number of carboxylic acid groups (broad SMARTS) is 1. The molecule has 0 radical (unpaired) electrons. The van der Waals surface area contributed by atoms with E-state index < -0.39 is 23.3 Å². The van der Waals surface area contributed by atoms with Crippen LogP contribution in [0, 0.1) is 0 Å². The highest BCUT2D eigenvalue weighted by molar-refractivity contribution is 5.72. The summed E-state index contributed by atoms with van der Waals surface area (Å²) < 4.78 is 16.0. The van der Waals surface area contributed by atoms with Crippen molar-refractivity contribution in [1.29, 1.82) is 0 Å². The van der Waals surface area contributed by atoms with Crippen molar-refractivity contribution < 1.29 is 28.9 Å². The van der Waals surface area contributed by atoms with E-state index in [-0.39, 0.29) is 25.6 Å². The molecular formula is C14H25NO6. The van der Waals surface area contributed by atoms with Crippen molar-refractivity contribution >= 4 is 12.1 Å². The summed E-state index contributed by atoms with van der Waals surface area (Å²) >= 11 is 0. The Morgan fingerprint density at radius 3 is 2.33 bits per heavy atom. The van der Waals surface area contributed by atoms with E-state index in [1.165, 1.54) is 4.90 Å². The fourth-order valence-electron chi connectivity index (χ4n) is 2.30. The quantitative estimate of drug-likeness (QED) is 0.800. The van der Waals surface area contributed by atoms with Gasteiger partial charge in [0.15, 0.2) is 0 Å². The van der Waals surface area contributed by atoms with Gasteiger partial charge in [0.2, 0.25) is 0 Å². The van der Waals surface area contributed by atoms with Crippen molar-refractivity contribution in [3.05, 3.63) is 0 Å². The molecule has 0 saturated carbocycles. The van der Waals surface area contributed by atoms with Gasteiger partial charge in [0.05, 0.1) is 32.2 Å². The molecule has 1 aliphatic rings. The van der Waals surface area contributed by atoms with E-state index in [0.29, 0.717) is 6.61 Å². The lowest BCUT2D eigenvalue weighted by atomic mass is 9.90. The molecule has 122 valence electrons. The molecule has 1 unspecified atom stereocenters. The first-order valence-electron chi connectivity index (χ1n) is 6.93. The van der Waals surface area contributed by atoms with Crippen LogP contribution in [0.25, 0.3) is 0 Å². The third-order valence-electron chi connectivity index (χ3n) is 2.94. The van der Waals surface area contributed by atoms with Crippen LogP contribution in [0.15, 0.2) is 0 Å². The average molecular weight is 303 g/mol. The number of methoxy groups -OCH3 is 1. The van der Waals surface area contributed by atoms with Crippen molar-refractivity contribution in [1.82, 2.24) is 4.90 Å². The van der Waals surface area contributed by atoms with Crippen LogP contribution in [0.4, 0.5) is 4.79 Å². The molecule has 1 amide bonds. The number of hydrogen-bond acceptors (Lipinski definition) is 5. The van der Waals surface area contributed by atoms with E-state index in [9.17, 15) is 9.59 Å². The first-order valence-corrected chi connectivity index (χ1v) is 6.93. The monoisotopic (exact) mass is 303 g/mol. The number of ether oxygens (including phenoxy) is 3. The predicted molar refractivity (Wildman–Crippen MR) is 75.2 cm³/mol. The molecule has 0 aliphatic carbocycles. The number of nitrogens with zero attached hydrogens (tertiary/aromatic N) is 1. The molecule has 21 heavy (non-hydrogen) atoms. The van der Waals surface area contributed by atoms with Crippen molar-refractivity contribution in [2.45, 2.75) is 51.4 Å². The molecular weight excluding hydrogens is 278 g/mol. The third-order valence-corrected chi connectivity index (χ3v) is 2.94. The summed E-state index contributed by atoms with van der Waals surface area (Å²) in [6.07, 6.45) is -0.845. The minimum absolute atomic E-state index is 0.152. The average Bonchev–Trinajstić information content (AvgIpc) is 2.21. The van der Waals surface area contributed by atoms with Gasteiger partial charge in [-0.25, -0.2) is 4.79 Å². The van der Waals surface area contributed by atoms with Crippen molar-refractivity contribution in [2.75, 3.05) is 26.8 Å². The molecule has 7 nitrogen and oxygen atoms in total. The van der Waals surface area contributed by atoms with Crippen LogP contribution in [0.5, 0.6) is 0 Å². The molecule has 1 rings (SSSR count). The van der Waals surface area contributed by atoms with Gasteiger partial charge in [-0.05, 0) is 27.7 Å². The van der Waals surface area contributed by atoms with Crippen molar-refractivity contribution in [2.24, 2.45) is 0 Å². The molecule has 1 N–H and O–H groups in total. The van der Waals surface area contributed by atoms with Gasteiger partial charge in [0, 0.05) is 7.11 Å². The largest absolute Gasteiger partial charge is 0.481 e. The van der Waals surface area contributed by atoms with Crippen LogP contribution < -0.4 is 0 Å². The maximum Gasteiger partial charge on any atom is 0.410 e. The lowest BCUT2D eigenvalue weighted by Gasteiger charge is -2.49. The number of carboxylic acids is 1. The van der Waals surface area contributed by atoms with E-state index in [2.05, 4.69) is 0 Å². The Labute approximate surface area is 125 Å². The Hall–Kier alpha value is -1.34. The highest BCUT2D eigenvalue weighted by atomic mass is 16.6. The SMILES string of the molecule is COCC(C)OC1(CC(=O)O)CN(C(=O)OC(C)(C)C)C1. The van der Waals surface area contributed by atoms with Crippen LogP contribution in [-0.4, -0.2) is 66.2 Å². The zero-order valence-corrected chi connectivity index (χ0v) is 13.3. The molecule has 1 fully saturated rings. The van der Waals surface area contributed by atoms with E-state index in [1.54, 1.807) is 27.9 Å². The maximum absolute atomic E-state index is 11.9. The van der Waals surface area contributed by atoms with Gasteiger partial charge in [-0.2, -0.15) is 0 Å². The minimum atomic E-state index is -0.955. The first-order chi connectivity index (χ1) is 9.57. The van der Waals surface area contributed by atoms with Crippen LogP contribution in [0.1, 0.15) is 34.1 Å². The summed E-state index contributed by atoms with van der Waals surface area (Å²) in [7, 11) is 1.55. The normalized spacial score (nSPS) is 18.8. The van der Waals surface area contributed by atoms with Gasteiger partial charge in [-0.1, -0.05) is 0 Å². The lowest BCUT2D eigenvalue weighted by Crippen LogP contribution is -2.66. The molecule has 1 saturated heterocycles. The summed E-state index contributed by atoms with van der Waals surface area (Å²) in [6, 6.07) is 0. The van der Waals surface area contributed by atoms with Gasteiger partial charge < -0.3 is 24.2 Å². The lowest BCUT2D eigenvalue weighted by molar-refractivity contribution is -0.186. The number of carbonyl (C=O) groups excluding carboxylic acids is 1. The van der Waals surface area contributed by atoms with E-state index >= 15 is 0 Å². The van der Waals surface area contributed by atoms with E-state index in [1.807, 2.05) is 6.92 Å². The van der Waals surface area contributed by atoms with Crippen LogP contribution in [0.2, 0.25) is 0 Å². The summed E-state index contributed by atoms with van der Waals surface area (Å²) in [5.41, 5.74) is -1.44. The molecule has 0 aromatic carbocycles. The highest BCUT2D eigenvalue weighted by Crippen LogP contribution is 2.31. The van der Waals surface area contributed by atoms with Crippen molar-refractivity contribution in [3.8, 4) is 0 Å². The molecule has 1 heterocycles. The summed E-state index contributed by atoms with van der Waals surface area (Å²) in [5.74, 6) is -0.955. The van der Waals surface area contributed by atoms with Gasteiger partial charge in [-0.3, -0.25) is 4.79 Å². The standard InChI is InChI=1S/C14H25NO6/c1-10(7-19-5)20-14(6-11(16)17)8-15(9-14)12(18)21-13(2,3)4/h10H,6-9H2,1-5H3,(H,16,17). The second kappa shape index (κ2) is 6.62. The number of likely N-dealkylation sites (tertiary alicyclic amines) is 1. The Kier molecular flexibility index (Phi) is 5.58. The molecule has 1 aliphatic heterocycles. The molecule has 0 aromatic heterocycles. The van der Waals surface area contributed by atoms with Crippen LogP contribution in [0.3, 0.4) is 0 Å². The van der Waals surface area contributed by atoms with Gasteiger partial charge >= 0.3 is 12.1 Å². The first kappa shape index (κ1) is 17.7. The van der Waals surface area contributed by atoms with Gasteiger partial charge in [-0.15, -0.1) is 0 Å². The molecule has 1 atom stereocenters. The Bertz CT molecular complexity index is 383. The van der Waals surface area contributed by atoms with Crippen molar-refractivity contribution in [3.63, 3.8) is 0 Å². The Morgan fingerprint density at radius 2 is 1.90 bits per heavy atom. The zero-order chi connectivity index (χ0) is 16.3. The van der Waals surface area contributed by atoms with Crippen LogP contribution in [-0.2, 0) is 19.0 Å². The number of carbonyl (C=O) groups is 2. The zero-order valence-electron chi connectivity index (χ0n) is 13.3. The topological polar surface area (TPSA) is 85.3 Å². The van der Waals surface area contributed by atoms with E-state index in [4.69, 9.17) is 19.3 Å². The van der Waals surface area contributed by atoms with Crippen LogP contribution >= 0.6 is 0 Å². The smallest absolute Gasteiger partial charge is 0.410 e. The fourth-order valence-corrected chi connectivity index (χ4v) is 2.30. The fraction of sp³-hybridized carbons (Fsp3) is 0.857. The number of amides is 1. The molecule has 0 spiro atoms. The summed E-state index contributed by atoms with van der Waals surface area (Å²) in [6.45, 7) is 7.95. The molecule has 7 heteroatoms.